The summed E-state index contributed by atoms with van der Waals surface area (Å²) in [5.41, 5.74) is 1.40. The maximum Gasteiger partial charge on any atom is 0.244 e. The fraction of sp³-hybridized carbons (Fsp3) is 0.176. The lowest BCUT2D eigenvalue weighted by molar-refractivity contribution is -0.122. The molecule has 6 nitrogen and oxygen atoms in total. The molecule has 2 aromatic carbocycles. The Balaban J connectivity index is 1.64. The van der Waals surface area contributed by atoms with E-state index >= 15 is 0 Å². The summed E-state index contributed by atoms with van der Waals surface area (Å²) in [6.45, 7) is 1.77. The average Bonchev–Trinajstić information content (AvgIpc) is 3.03. The van der Waals surface area contributed by atoms with Gasteiger partial charge in [0.05, 0.1) is 6.04 Å². The SMILES string of the molecule is CC(NC(=O)Cn1nnc(-c2cccc(F)c2)n1)c1cccc(Cl)c1. The molecule has 3 aromatic rings. The van der Waals surface area contributed by atoms with Crippen LogP contribution < -0.4 is 5.32 Å². The van der Waals surface area contributed by atoms with Crippen LogP contribution >= 0.6 is 11.6 Å². The van der Waals surface area contributed by atoms with Gasteiger partial charge in [0.2, 0.25) is 11.7 Å². The molecule has 0 aliphatic carbocycles. The predicted octanol–water partition coefficient (Wildman–Crippen LogP) is 3.01. The molecule has 3 rings (SSSR count). The van der Waals surface area contributed by atoms with E-state index in [-0.39, 0.29) is 30.1 Å². The summed E-state index contributed by atoms with van der Waals surface area (Å²) in [6.07, 6.45) is 0. The van der Waals surface area contributed by atoms with Crippen LogP contribution in [0.1, 0.15) is 18.5 Å². The summed E-state index contributed by atoms with van der Waals surface area (Å²) in [4.78, 5) is 13.3. The molecule has 1 unspecified atom stereocenters. The quantitative estimate of drug-likeness (QED) is 0.760. The van der Waals surface area contributed by atoms with Gasteiger partial charge in [-0.15, -0.1) is 10.2 Å². The number of hydrogen-bond donors (Lipinski definition) is 1. The number of amides is 1. The van der Waals surface area contributed by atoms with Crippen molar-refractivity contribution < 1.29 is 9.18 Å². The van der Waals surface area contributed by atoms with E-state index in [1.807, 2.05) is 19.1 Å². The molecule has 1 aromatic heterocycles. The van der Waals surface area contributed by atoms with Crippen LogP contribution in [0.15, 0.2) is 48.5 Å². The second kappa shape index (κ2) is 7.40. The van der Waals surface area contributed by atoms with Gasteiger partial charge in [0.25, 0.3) is 0 Å². The van der Waals surface area contributed by atoms with Crippen LogP contribution in [0.25, 0.3) is 11.4 Å². The second-order valence-corrected chi connectivity index (χ2v) is 5.93. The van der Waals surface area contributed by atoms with Gasteiger partial charge in [-0.25, -0.2) is 4.39 Å². The Hall–Kier alpha value is -2.80. The molecular weight excluding hydrogens is 345 g/mol. The van der Waals surface area contributed by atoms with Crippen LogP contribution in [0.2, 0.25) is 5.02 Å². The van der Waals surface area contributed by atoms with E-state index in [0.717, 1.165) is 5.56 Å². The molecule has 0 aliphatic rings. The molecule has 0 spiro atoms. The van der Waals surface area contributed by atoms with Gasteiger partial charge in [-0.3, -0.25) is 4.79 Å². The van der Waals surface area contributed by atoms with Gasteiger partial charge >= 0.3 is 0 Å². The fourth-order valence-corrected chi connectivity index (χ4v) is 2.53. The minimum Gasteiger partial charge on any atom is -0.348 e. The second-order valence-electron chi connectivity index (χ2n) is 5.50. The molecule has 0 fully saturated rings. The first kappa shape index (κ1) is 17.0. The topological polar surface area (TPSA) is 72.7 Å². The maximum absolute atomic E-state index is 13.2. The van der Waals surface area contributed by atoms with Gasteiger partial charge in [0, 0.05) is 10.6 Å². The molecule has 0 saturated carbocycles. The Bertz CT molecular complexity index is 898. The maximum atomic E-state index is 13.2. The normalized spacial score (nSPS) is 12.0. The lowest BCUT2D eigenvalue weighted by atomic mass is 10.1. The number of rotatable bonds is 5. The number of hydrogen-bond acceptors (Lipinski definition) is 4. The summed E-state index contributed by atoms with van der Waals surface area (Å²) in [5.74, 6) is -0.396. The number of nitrogens with zero attached hydrogens (tertiary/aromatic N) is 4. The molecule has 1 N–H and O–H groups in total. The van der Waals surface area contributed by atoms with Gasteiger partial charge in [-0.05, 0) is 42.0 Å². The number of carbonyl (C=O) groups excluding carboxylic acids is 1. The summed E-state index contributed by atoms with van der Waals surface area (Å²) in [7, 11) is 0. The van der Waals surface area contributed by atoms with Gasteiger partial charge in [0.15, 0.2) is 0 Å². The standard InChI is InChI=1S/C17H15ClFN5O/c1-11(12-4-2-6-14(18)8-12)20-16(25)10-24-22-17(21-23-24)13-5-3-7-15(19)9-13/h2-9,11H,10H2,1H3,(H,20,25). The molecule has 0 saturated heterocycles. The summed E-state index contributed by atoms with van der Waals surface area (Å²) in [5, 5.41) is 15.2. The van der Waals surface area contributed by atoms with Crippen LogP contribution in [0.4, 0.5) is 4.39 Å². The molecular formula is C17H15ClFN5O. The number of carbonyl (C=O) groups is 1. The highest BCUT2D eigenvalue weighted by atomic mass is 35.5. The minimum absolute atomic E-state index is 0.0901. The minimum atomic E-state index is -0.387. The van der Waals surface area contributed by atoms with Crippen molar-refractivity contribution >= 4 is 17.5 Å². The lowest BCUT2D eigenvalue weighted by Gasteiger charge is -2.14. The van der Waals surface area contributed by atoms with Crippen molar-refractivity contribution in [1.82, 2.24) is 25.5 Å². The zero-order chi connectivity index (χ0) is 17.8. The van der Waals surface area contributed by atoms with Crippen molar-refractivity contribution in [2.24, 2.45) is 0 Å². The Kier molecular flexibility index (Phi) is 5.04. The molecule has 1 amide bonds. The van der Waals surface area contributed by atoms with E-state index in [1.165, 1.54) is 16.9 Å². The van der Waals surface area contributed by atoms with Crippen molar-refractivity contribution in [1.29, 1.82) is 0 Å². The predicted molar refractivity (Wildman–Crippen MR) is 91.2 cm³/mol. The fourth-order valence-electron chi connectivity index (χ4n) is 2.33. The highest BCUT2D eigenvalue weighted by molar-refractivity contribution is 6.30. The van der Waals surface area contributed by atoms with Crippen molar-refractivity contribution in [2.75, 3.05) is 0 Å². The Morgan fingerprint density at radius 2 is 2.08 bits per heavy atom. The highest BCUT2D eigenvalue weighted by Crippen LogP contribution is 2.17. The first-order valence-electron chi connectivity index (χ1n) is 7.60. The van der Waals surface area contributed by atoms with Crippen LogP contribution in [-0.2, 0) is 11.3 Å². The molecule has 0 aliphatic heterocycles. The van der Waals surface area contributed by atoms with E-state index in [4.69, 9.17) is 11.6 Å². The molecule has 1 atom stereocenters. The third-order valence-electron chi connectivity index (χ3n) is 3.55. The van der Waals surface area contributed by atoms with Crippen LogP contribution in [0, 0.1) is 5.82 Å². The highest BCUT2D eigenvalue weighted by Gasteiger charge is 2.13. The van der Waals surface area contributed by atoms with E-state index < -0.39 is 0 Å². The first-order valence-corrected chi connectivity index (χ1v) is 7.97. The number of benzene rings is 2. The van der Waals surface area contributed by atoms with Crippen molar-refractivity contribution in [2.45, 2.75) is 19.5 Å². The van der Waals surface area contributed by atoms with E-state index in [1.54, 1.807) is 24.3 Å². The van der Waals surface area contributed by atoms with Gasteiger partial charge in [0.1, 0.15) is 12.4 Å². The summed E-state index contributed by atoms with van der Waals surface area (Å²) < 4.78 is 13.2. The van der Waals surface area contributed by atoms with Crippen LogP contribution in [-0.4, -0.2) is 26.1 Å². The Morgan fingerprint density at radius 3 is 2.84 bits per heavy atom. The Morgan fingerprint density at radius 1 is 1.28 bits per heavy atom. The number of nitrogens with one attached hydrogen (secondary N) is 1. The number of aromatic nitrogens is 4. The Labute approximate surface area is 148 Å². The van der Waals surface area contributed by atoms with Crippen LogP contribution in [0.3, 0.4) is 0 Å². The third kappa shape index (κ3) is 4.39. The first-order chi connectivity index (χ1) is 12.0. The largest absolute Gasteiger partial charge is 0.348 e. The number of tetrazole rings is 1. The average molecular weight is 360 g/mol. The van der Waals surface area contributed by atoms with Gasteiger partial charge < -0.3 is 5.32 Å². The third-order valence-corrected chi connectivity index (χ3v) is 3.78. The monoisotopic (exact) mass is 359 g/mol. The zero-order valence-corrected chi connectivity index (χ0v) is 14.1. The molecule has 8 heteroatoms. The molecule has 128 valence electrons. The molecule has 25 heavy (non-hydrogen) atoms. The smallest absolute Gasteiger partial charge is 0.244 e. The summed E-state index contributed by atoms with van der Waals surface area (Å²) in [6, 6.07) is 12.9. The van der Waals surface area contributed by atoms with Gasteiger partial charge in [-0.2, -0.15) is 4.80 Å². The van der Waals surface area contributed by atoms with E-state index in [9.17, 15) is 9.18 Å². The van der Waals surface area contributed by atoms with Gasteiger partial charge in [-0.1, -0.05) is 35.9 Å². The molecule has 0 bridgehead atoms. The summed E-state index contributed by atoms with van der Waals surface area (Å²) >= 11 is 5.96. The molecule has 0 radical (unpaired) electrons. The lowest BCUT2D eigenvalue weighted by Crippen LogP contribution is -2.30. The van der Waals surface area contributed by atoms with E-state index in [2.05, 4.69) is 20.7 Å². The van der Waals surface area contributed by atoms with Crippen molar-refractivity contribution in [3.8, 4) is 11.4 Å². The number of halogens is 2. The zero-order valence-electron chi connectivity index (χ0n) is 13.4. The van der Waals surface area contributed by atoms with Crippen molar-refractivity contribution in [3.05, 3.63) is 64.9 Å². The molecule has 1 heterocycles. The van der Waals surface area contributed by atoms with Crippen molar-refractivity contribution in [3.63, 3.8) is 0 Å². The van der Waals surface area contributed by atoms with Crippen LogP contribution in [0.5, 0.6) is 0 Å². The van der Waals surface area contributed by atoms with E-state index in [0.29, 0.717) is 10.6 Å².